The molecule has 0 aromatic heterocycles. The Morgan fingerprint density at radius 2 is 1.64 bits per heavy atom. The summed E-state index contributed by atoms with van der Waals surface area (Å²) >= 11 is 0. The molecule has 28 heavy (non-hydrogen) atoms. The standard InChI is InChI=1S/C10H14N4O3.C7H8O3S/c1-16-8-4-3-5-9(17-2)7(8)6-12-13-10(11)14-15;1-6-2-4-7(5-3-6)11(8,9)10/h3-6,15H,1-2H3,(H3,11,13,14);2-5H,1H3,(H,8,9,10). The molecule has 0 amide bonds. The molecule has 2 aromatic carbocycles. The zero-order valence-corrected chi connectivity index (χ0v) is 16.3. The number of hydrogen-bond donors (Lipinski definition) is 5. The molecule has 10 nitrogen and oxygen atoms in total. The van der Waals surface area contributed by atoms with Gasteiger partial charge < -0.3 is 9.47 Å². The van der Waals surface area contributed by atoms with Crippen LogP contribution in [0.5, 0.6) is 11.5 Å². The van der Waals surface area contributed by atoms with E-state index in [1.54, 1.807) is 35.8 Å². The molecule has 0 saturated heterocycles. The second kappa shape index (κ2) is 10.9. The molecule has 2 rings (SSSR count). The first-order valence-corrected chi connectivity index (χ1v) is 9.19. The Labute approximate surface area is 163 Å². The molecule has 0 aliphatic heterocycles. The van der Waals surface area contributed by atoms with Crippen molar-refractivity contribution < 1.29 is 27.7 Å². The summed E-state index contributed by atoms with van der Waals surface area (Å²) in [6, 6.07) is 11.3. The van der Waals surface area contributed by atoms with Gasteiger partial charge in [-0.05, 0) is 31.2 Å². The van der Waals surface area contributed by atoms with Crippen LogP contribution in [0.4, 0.5) is 0 Å². The van der Waals surface area contributed by atoms with Gasteiger partial charge in [0.2, 0.25) is 5.96 Å². The van der Waals surface area contributed by atoms with Crippen molar-refractivity contribution >= 4 is 22.3 Å². The van der Waals surface area contributed by atoms with E-state index < -0.39 is 10.1 Å². The molecule has 0 heterocycles. The number of rotatable bonds is 5. The predicted molar refractivity (Wildman–Crippen MR) is 104 cm³/mol. The van der Waals surface area contributed by atoms with Crippen LogP contribution in [0.1, 0.15) is 11.1 Å². The normalized spacial score (nSPS) is 10.6. The molecule has 0 spiro atoms. The van der Waals surface area contributed by atoms with Crippen LogP contribution in [0, 0.1) is 12.3 Å². The molecule has 5 N–H and O–H groups in total. The number of nitrogens with one attached hydrogen (secondary N) is 3. The Hall–Kier alpha value is -3.15. The molecule has 0 aliphatic rings. The number of benzene rings is 2. The third-order valence-corrected chi connectivity index (χ3v) is 4.13. The van der Waals surface area contributed by atoms with Crippen LogP contribution >= 0.6 is 0 Å². The number of guanidine groups is 1. The maximum atomic E-state index is 10.5. The van der Waals surface area contributed by atoms with Gasteiger partial charge in [0, 0.05) is 0 Å². The highest BCUT2D eigenvalue weighted by molar-refractivity contribution is 7.85. The minimum absolute atomic E-state index is 0.0666. The van der Waals surface area contributed by atoms with E-state index in [4.69, 9.17) is 24.6 Å². The van der Waals surface area contributed by atoms with Crippen molar-refractivity contribution in [2.24, 2.45) is 5.10 Å². The highest BCUT2D eigenvalue weighted by Crippen LogP contribution is 2.25. The Kier molecular flexibility index (Phi) is 8.88. The summed E-state index contributed by atoms with van der Waals surface area (Å²) in [5.41, 5.74) is 5.46. The van der Waals surface area contributed by atoms with Crippen LogP contribution < -0.4 is 20.4 Å². The summed E-state index contributed by atoms with van der Waals surface area (Å²) < 4.78 is 39.9. The van der Waals surface area contributed by atoms with Crippen LogP contribution in [-0.4, -0.2) is 44.6 Å². The summed E-state index contributed by atoms with van der Waals surface area (Å²) in [5, 5.41) is 19.2. The Bertz CT molecular complexity index is 891. The quantitative estimate of drug-likeness (QED) is 0.216. The summed E-state index contributed by atoms with van der Waals surface area (Å²) in [4.78, 5) is -0.0666. The molecule has 0 atom stereocenters. The van der Waals surface area contributed by atoms with Crippen molar-refractivity contribution in [2.75, 3.05) is 14.2 Å². The number of aryl methyl sites for hydroxylation is 1. The van der Waals surface area contributed by atoms with Crippen molar-refractivity contribution in [3.8, 4) is 11.5 Å². The van der Waals surface area contributed by atoms with Crippen LogP contribution in [0.15, 0.2) is 52.5 Å². The highest BCUT2D eigenvalue weighted by Gasteiger charge is 2.07. The molecule has 0 saturated carbocycles. The summed E-state index contributed by atoms with van der Waals surface area (Å²) in [5.74, 6) is 0.854. The van der Waals surface area contributed by atoms with Crippen LogP contribution in [0.3, 0.4) is 0 Å². The van der Waals surface area contributed by atoms with Gasteiger partial charge in [-0.15, -0.1) is 0 Å². The van der Waals surface area contributed by atoms with E-state index in [2.05, 4.69) is 10.5 Å². The van der Waals surface area contributed by atoms with Crippen molar-refractivity contribution in [3.05, 3.63) is 53.6 Å². The molecular weight excluding hydrogens is 388 g/mol. The Morgan fingerprint density at radius 3 is 2.07 bits per heavy atom. The fourth-order valence-electron chi connectivity index (χ4n) is 1.90. The van der Waals surface area contributed by atoms with Crippen molar-refractivity contribution in [1.29, 1.82) is 5.41 Å². The molecule has 152 valence electrons. The zero-order chi connectivity index (χ0) is 21.2. The van der Waals surface area contributed by atoms with Gasteiger partial charge in [0.05, 0.1) is 30.9 Å². The lowest BCUT2D eigenvalue weighted by Crippen LogP contribution is -2.30. The lowest BCUT2D eigenvalue weighted by molar-refractivity contribution is 0.228. The molecular formula is C17H22N4O6S. The van der Waals surface area contributed by atoms with Gasteiger partial charge in [0.15, 0.2) is 0 Å². The number of hydrogen-bond acceptors (Lipinski definition) is 7. The predicted octanol–water partition coefficient (Wildman–Crippen LogP) is 1.78. The minimum atomic E-state index is -4.02. The molecule has 0 fully saturated rings. The molecule has 11 heteroatoms. The van der Waals surface area contributed by atoms with E-state index >= 15 is 0 Å². The first-order valence-electron chi connectivity index (χ1n) is 7.75. The van der Waals surface area contributed by atoms with E-state index in [-0.39, 0.29) is 10.9 Å². The van der Waals surface area contributed by atoms with Gasteiger partial charge in [0.25, 0.3) is 10.1 Å². The smallest absolute Gasteiger partial charge is 0.294 e. The molecule has 0 aliphatic carbocycles. The van der Waals surface area contributed by atoms with Gasteiger partial charge in [-0.25, -0.2) is 10.9 Å². The van der Waals surface area contributed by atoms with Crippen molar-refractivity contribution in [2.45, 2.75) is 11.8 Å². The fourth-order valence-corrected chi connectivity index (χ4v) is 2.38. The van der Waals surface area contributed by atoms with Gasteiger partial charge in [-0.1, -0.05) is 23.8 Å². The van der Waals surface area contributed by atoms with Gasteiger partial charge in [-0.3, -0.25) is 15.2 Å². The summed E-state index contributed by atoms with van der Waals surface area (Å²) in [6.07, 6.45) is 1.43. The number of hydroxylamine groups is 1. The summed E-state index contributed by atoms with van der Waals surface area (Å²) in [7, 11) is -0.942. The van der Waals surface area contributed by atoms with E-state index in [9.17, 15) is 8.42 Å². The topological polar surface area (TPSA) is 153 Å². The van der Waals surface area contributed by atoms with Crippen LogP contribution in [0.25, 0.3) is 0 Å². The second-order valence-electron chi connectivity index (χ2n) is 5.22. The van der Waals surface area contributed by atoms with Gasteiger partial charge in [-0.2, -0.15) is 13.5 Å². The number of methoxy groups -OCH3 is 2. The number of ether oxygens (including phenoxy) is 2. The second-order valence-corrected chi connectivity index (χ2v) is 6.64. The Morgan fingerprint density at radius 1 is 1.11 bits per heavy atom. The first-order chi connectivity index (χ1) is 13.2. The third kappa shape index (κ3) is 7.23. The Balaban J connectivity index is 0.000000307. The summed E-state index contributed by atoms with van der Waals surface area (Å²) in [6.45, 7) is 1.84. The van der Waals surface area contributed by atoms with E-state index in [1.165, 1.54) is 32.6 Å². The van der Waals surface area contributed by atoms with Crippen LogP contribution in [0.2, 0.25) is 0 Å². The van der Waals surface area contributed by atoms with E-state index in [0.717, 1.165) is 5.56 Å². The maximum Gasteiger partial charge on any atom is 0.294 e. The number of nitrogens with zero attached hydrogens (tertiary/aromatic N) is 1. The molecule has 0 radical (unpaired) electrons. The largest absolute Gasteiger partial charge is 0.496 e. The maximum absolute atomic E-state index is 10.5. The van der Waals surface area contributed by atoms with Gasteiger partial charge >= 0.3 is 0 Å². The van der Waals surface area contributed by atoms with Crippen LogP contribution in [-0.2, 0) is 10.1 Å². The third-order valence-electron chi connectivity index (χ3n) is 3.27. The van der Waals surface area contributed by atoms with E-state index in [1.807, 2.05) is 6.92 Å². The molecule has 0 bridgehead atoms. The zero-order valence-electron chi connectivity index (χ0n) is 15.5. The fraction of sp³-hybridized carbons (Fsp3) is 0.176. The van der Waals surface area contributed by atoms with Crippen molar-refractivity contribution in [3.63, 3.8) is 0 Å². The van der Waals surface area contributed by atoms with E-state index in [0.29, 0.717) is 17.1 Å². The van der Waals surface area contributed by atoms with Crippen molar-refractivity contribution in [1.82, 2.24) is 10.9 Å². The average molecular weight is 410 g/mol. The molecule has 2 aromatic rings. The average Bonchev–Trinajstić information content (AvgIpc) is 2.67. The van der Waals surface area contributed by atoms with Gasteiger partial charge in [0.1, 0.15) is 11.5 Å². The monoisotopic (exact) mass is 410 g/mol. The first kappa shape index (κ1) is 22.9. The highest BCUT2D eigenvalue weighted by atomic mass is 32.2. The lowest BCUT2D eigenvalue weighted by Gasteiger charge is -2.09. The molecule has 0 unspecified atom stereocenters. The minimum Gasteiger partial charge on any atom is -0.496 e. The lowest BCUT2D eigenvalue weighted by atomic mass is 10.2. The number of hydrazone groups is 1. The SMILES string of the molecule is COc1cccc(OC)c1C=NNC(=N)NO.Cc1ccc(S(=O)(=O)O)cc1.